The molecule has 0 aliphatic rings. The lowest BCUT2D eigenvalue weighted by atomic mass is 10.1. The number of hydrogen-bond acceptors (Lipinski definition) is 6. The van der Waals surface area contributed by atoms with E-state index in [1.165, 1.54) is 37.4 Å². The van der Waals surface area contributed by atoms with Crippen LogP contribution in [0.5, 0.6) is 11.5 Å². The van der Waals surface area contributed by atoms with Crippen LogP contribution in [0.2, 0.25) is 5.02 Å². The number of hydrogen-bond donors (Lipinski definition) is 0. The Morgan fingerprint density at radius 1 is 1.18 bits per heavy atom. The number of tetrazole rings is 1. The predicted octanol–water partition coefficient (Wildman–Crippen LogP) is 3.73. The fourth-order valence-corrected chi connectivity index (χ4v) is 2.59. The van der Waals surface area contributed by atoms with Crippen molar-refractivity contribution in [3.05, 3.63) is 58.4 Å². The summed E-state index contributed by atoms with van der Waals surface area (Å²) in [7, 11) is 1.39. The third kappa shape index (κ3) is 4.06. The molecule has 0 N–H and O–H groups in total. The van der Waals surface area contributed by atoms with E-state index in [0.717, 1.165) is 10.7 Å². The van der Waals surface area contributed by atoms with E-state index in [9.17, 15) is 18.0 Å². The van der Waals surface area contributed by atoms with E-state index in [0.29, 0.717) is 11.8 Å². The number of alkyl halides is 3. The SMILES string of the molecule is COc1cc(C=O)ccc1OCc1nnnn1-c1ccc(Cl)cc1C(F)(F)F. The third-order valence-electron chi connectivity index (χ3n) is 3.71. The monoisotopic (exact) mass is 412 g/mol. The molecule has 1 aromatic heterocycles. The maximum absolute atomic E-state index is 13.4. The number of carbonyl (C=O) groups excluding carboxylic acids is 1. The molecule has 7 nitrogen and oxygen atoms in total. The number of methoxy groups -OCH3 is 1. The van der Waals surface area contributed by atoms with Crippen LogP contribution < -0.4 is 9.47 Å². The minimum atomic E-state index is -4.65. The first-order chi connectivity index (χ1) is 13.3. The number of benzene rings is 2. The summed E-state index contributed by atoms with van der Waals surface area (Å²) in [5.41, 5.74) is -0.893. The van der Waals surface area contributed by atoms with Crippen LogP contribution in [0.3, 0.4) is 0 Å². The van der Waals surface area contributed by atoms with Crippen LogP contribution in [0.4, 0.5) is 13.2 Å². The molecular formula is C17H12ClF3N4O3. The van der Waals surface area contributed by atoms with E-state index in [4.69, 9.17) is 21.1 Å². The Balaban J connectivity index is 1.91. The maximum atomic E-state index is 13.4. The van der Waals surface area contributed by atoms with Crippen molar-refractivity contribution in [3.63, 3.8) is 0 Å². The van der Waals surface area contributed by atoms with E-state index < -0.39 is 11.7 Å². The van der Waals surface area contributed by atoms with Gasteiger partial charge in [-0.25, -0.2) is 0 Å². The summed E-state index contributed by atoms with van der Waals surface area (Å²) in [6.45, 7) is -0.246. The second kappa shape index (κ2) is 7.85. The van der Waals surface area contributed by atoms with Crippen LogP contribution in [0.15, 0.2) is 36.4 Å². The molecule has 28 heavy (non-hydrogen) atoms. The standard InChI is InChI=1S/C17H12ClF3N4O3/c1-27-15-6-10(8-26)2-5-14(15)28-9-16-22-23-24-25(16)13-4-3-11(18)7-12(13)17(19,20)21/h2-8H,9H2,1H3. The van der Waals surface area contributed by atoms with Gasteiger partial charge in [-0.05, 0) is 46.8 Å². The summed E-state index contributed by atoms with van der Waals surface area (Å²) >= 11 is 5.70. The zero-order valence-electron chi connectivity index (χ0n) is 14.3. The molecule has 11 heteroatoms. The highest BCUT2D eigenvalue weighted by atomic mass is 35.5. The average molecular weight is 413 g/mol. The lowest BCUT2D eigenvalue weighted by Gasteiger charge is -2.14. The number of nitrogens with zero attached hydrogens (tertiary/aromatic N) is 4. The van der Waals surface area contributed by atoms with E-state index in [1.807, 2.05) is 0 Å². The van der Waals surface area contributed by atoms with Crippen molar-refractivity contribution in [1.29, 1.82) is 0 Å². The Bertz CT molecular complexity index is 1010. The molecule has 0 radical (unpaired) electrons. The molecule has 0 unspecified atom stereocenters. The van der Waals surface area contributed by atoms with Gasteiger partial charge in [-0.15, -0.1) is 5.10 Å². The highest BCUT2D eigenvalue weighted by Crippen LogP contribution is 2.35. The number of aldehydes is 1. The lowest BCUT2D eigenvalue weighted by Crippen LogP contribution is -2.14. The van der Waals surface area contributed by atoms with Crippen LogP contribution in [0, 0.1) is 0 Å². The summed E-state index contributed by atoms with van der Waals surface area (Å²) in [5.74, 6) is 0.579. The number of halogens is 4. The maximum Gasteiger partial charge on any atom is 0.418 e. The van der Waals surface area contributed by atoms with Gasteiger partial charge in [-0.2, -0.15) is 17.9 Å². The second-order valence-corrected chi connectivity index (χ2v) is 5.92. The fraction of sp³-hybridized carbons (Fsp3) is 0.176. The zero-order chi connectivity index (χ0) is 20.3. The first-order valence-corrected chi connectivity index (χ1v) is 8.11. The van der Waals surface area contributed by atoms with Gasteiger partial charge in [0.15, 0.2) is 23.9 Å². The highest BCUT2D eigenvalue weighted by molar-refractivity contribution is 6.30. The molecule has 1 heterocycles. The quantitative estimate of drug-likeness (QED) is 0.574. The molecular weight excluding hydrogens is 401 g/mol. The van der Waals surface area contributed by atoms with E-state index in [2.05, 4.69) is 15.5 Å². The smallest absolute Gasteiger partial charge is 0.418 e. The van der Waals surface area contributed by atoms with Crippen LogP contribution in [0.1, 0.15) is 21.7 Å². The largest absolute Gasteiger partial charge is 0.493 e. The Kier molecular flexibility index (Phi) is 5.50. The first-order valence-electron chi connectivity index (χ1n) is 7.74. The number of ether oxygens (including phenoxy) is 2. The topological polar surface area (TPSA) is 79.1 Å². The fourth-order valence-electron chi connectivity index (χ4n) is 2.42. The van der Waals surface area contributed by atoms with Gasteiger partial charge in [0.1, 0.15) is 6.29 Å². The molecule has 0 amide bonds. The molecule has 2 aromatic carbocycles. The predicted molar refractivity (Wildman–Crippen MR) is 91.9 cm³/mol. The molecule has 0 aliphatic heterocycles. The summed E-state index contributed by atoms with van der Waals surface area (Å²) in [6.07, 6.45) is -4.01. The summed E-state index contributed by atoms with van der Waals surface area (Å²) < 4.78 is 51.7. The molecule has 0 aliphatic carbocycles. The van der Waals surface area contributed by atoms with Gasteiger partial charge in [0.25, 0.3) is 0 Å². The van der Waals surface area contributed by atoms with Crippen LogP contribution in [-0.4, -0.2) is 33.6 Å². The van der Waals surface area contributed by atoms with Crippen LogP contribution in [0.25, 0.3) is 5.69 Å². The molecule has 3 rings (SSSR count). The molecule has 0 saturated heterocycles. The highest BCUT2D eigenvalue weighted by Gasteiger charge is 2.35. The summed E-state index contributed by atoms with van der Waals surface area (Å²) in [6, 6.07) is 7.75. The molecule has 3 aromatic rings. The van der Waals surface area contributed by atoms with Gasteiger partial charge >= 0.3 is 6.18 Å². The van der Waals surface area contributed by atoms with E-state index in [-0.39, 0.29) is 34.6 Å². The molecule has 0 bridgehead atoms. The van der Waals surface area contributed by atoms with Gasteiger partial charge in [0, 0.05) is 10.6 Å². The van der Waals surface area contributed by atoms with Gasteiger partial charge in [-0.1, -0.05) is 11.6 Å². The number of rotatable bonds is 6. The first kappa shape index (κ1) is 19.6. The van der Waals surface area contributed by atoms with Crippen molar-refractivity contribution in [2.24, 2.45) is 0 Å². The lowest BCUT2D eigenvalue weighted by molar-refractivity contribution is -0.137. The molecule has 0 spiro atoms. The van der Waals surface area contributed by atoms with Gasteiger partial charge in [0.05, 0.1) is 18.4 Å². The normalized spacial score (nSPS) is 11.3. The molecule has 146 valence electrons. The van der Waals surface area contributed by atoms with Crippen molar-refractivity contribution in [2.45, 2.75) is 12.8 Å². The van der Waals surface area contributed by atoms with E-state index >= 15 is 0 Å². The Hall–Kier alpha value is -3.14. The Morgan fingerprint density at radius 3 is 2.64 bits per heavy atom. The van der Waals surface area contributed by atoms with Crippen molar-refractivity contribution >= 4 is 17.9 Å². The van der Waals surface area contributed by atoms with Crippen LogP contribution in [-0.2, 0) is 12.8 Å². The van der Waals surface area contributed by atoms with Gasteiger partial charge in [-0.3, -0.25) is 4.79 Å². The third-order valence-corrected chi connectivity index (χ3v) is 3.94. The number of aromatic nitrogens is 4. The molecule has 0 saturated carbocycles. The van der Waals surface area contributed by atoms with Crippen molar-refractivity contribution < 1.29 is 27.4 Å². The second-order valence-electron chi connectivity index (χ2n) is 5.48. The molecule has 0 fully saturated rings. The molecule has 0 atom stereocenters. The zero-order valence-corrected chi connectivity index (χ0v) is 15.0. The minimum Gasteiger partial charge on any atom is -0.493 e. The number of carbonyl (C=O) groups is 1. The van der Waals surface area contributed by atoms with Gasteiger partial charge < -0.3 is 9.47 Å². The summed E-state index contributed by atoms with van der Waals surface area (Å²) in [5, 5.41) is 10.7. The summed E-state index contributed by atoms with van der Waals surface area (Å²) in [4.78, 5) is 10.8. The van der Waals surface area contributed by atoms with Crippen molar-refractivity contribution in [2.75, 3.05) is 7.11 Å². The van der Waals surface area contributed by atoms with Crippen LogP contribution >= 0.6 is 11.6 Å². The Labute approximate surface area is 161 Å². The van der Waals surface area contributed by atoms with Gasteiger partial charge in [0.2, 0.25) is 0 Å². The van der Waals surface area contributed by atoms with E-state index in [1.54, 1.807) is 0 Å². The Morgan fingerprint density at radius 2 is 1.96 bits per heavy atom. The minimum absolute atomic E-state index is 0.0225. The van der Waals surface area contributed by atoms with Crippen molar-refractivity contribution in [1.82, 2.24) is 20.2 Å². The average Bonchev–Trinajstić information content (AvgIpc) is 3.13. The van der Waals surface area contributed by atoms with Crippen molar-refractivity contribution in [3.8, 4) is 17.2 Å².